The number of ketones is 1. The Morgan fingerprint density at radius 3 is 2.43 bits per heavy atom. The summed E-state index contributed by atoms with van der Waals surface area (Å²) in [5, 5.41) is 5.25. The number of carbonyl (C=O) groups excluding carboxylic acids is 4. The molecule has 8 nitrogen and oxygen atoms in total. The van der Waals surface area contributed by atoms with Crippen molar-refractivity contribution in [3.63, 3.8) is 0 Å². The van der Waals surface area contributed by atoms with Gasteiger partial charge in [-0.05, 0) is 50.2 Å². The van der Waals surface area contributed by atoms with Gasteiger partial charge in [-0.1, -0.05) is 11.6 Å². The highest BCUT2D eigenvalue weighted by atomic mass is 35.5. The van der Waals surface area contributed by atoms with Gasteiger partial charge >= 0.3 is 5.97 Å². The molecule has 1 aromatic carbocycles. The fourth-order valence-corrected chi connectivity index (χ4v) is 2.26. The second-order valence-corrected chi connectivity index (χ2v) is 6.23. The number of pyridine rings is 1. The highest BCUT2D eigenvalue weighted by Crippen LogP contribution is 2.11. The minimum atomic E-state index is -1.08. The fourth-order valence-electron chi connectivity index (χ4n) is 2.10. The van der Waals surface area contributed by atoms with Crippen molar-refractivity contribution in [3.05, 3.63) is 58.9 Å². The Morgan fingerprint density at radius 1 is 1.14 bits per heavy atom. The second-order valence-electron chi connectivity index (χ2n) is 5.80. The molecule has 2 amide bonds. The SMILES string of the molecule is CC(=O)c1ccc(NC(=O)[C@@H](C)OC(=O)CNC(=O)c2cc(Cl)ccn2)cc1. The molecule has 0 saturated carbocycles. The highest BCUT2D eigenvalue weighted by molar-refractivity contribution is 6.30. The molecule has 9 heteroatoms. The van der Waals surface area contributed by atoms with Crippen molar-refractivity contribution in [1.29, 1.82) is 0 Å². The number of carbonyl (C=O) groups is 4. The summed E-state index contributed by atoms with van der Waals surface area (Å²) in [7, 11) is 0. The Labute approximate surface area is 166 Å². The molecule has 0 aliphatic rings. The largest absolute Gasteiger partial charge is 0.451 e. The number of esters is 1. The number of anilines is 1. The molecule has 2 N–H and O–H groups in total. The zero-order chi connectivity index (χ0) is 20.7. The Hall–Kier alpha value is -3.26. The molecule has 0 unspecified atom stereocenters. The van der Waals surface area contributed by atoms with E-state index in [9.17, 15) is 19.2 Å². The standard InChI is InChI=1S/C19H18ClN3O5/c1-11(24)13-3-5-15(6-4-13)23-18(26)12(2)28-17(25)10-22-19(27)16-9-14(20)7-8-21-16/h3-9,12H,10H2,1-2H3,(H,22,27)(H,23,26)/t12-/m1/s1. The van der Waals surface area contributed by atoms with Crippen LogP contribution >= 0.6 is 11.6 Å². The van der Waals surface area contributed by atoms with E-state index in [1.807, 2.05) is 0 Å². The van der Waals surface area contributed by atoms with Crippen molar-refractivity contribution in [3.8, 4) is 0 Å². The molecule has 2 rings (SSSR count). The van der Waals surface area contributed by atoms with E-state index in [0.717, 1.165) is 0 Å². The third-order valence-electron chi connectivity index (χ3n) is 3.58. The summed E-state index contributed by atoms with van der Waals surface area (Å²) in [6, 6.07) is 9.17. The summed E-state index contributed by atoms with van der Waals surface area (Å²) in [5.41, 5.74) is 1.03. The Bertz CT molecular complexity index is 899. The van der Waals surface area contributed by atoms with Crippen LogP contribution in [0.2, 0.25) is 5.02 Å². The van der Waals surface area contributed by atoms with Crippen LogP contribution in [-0.2, 0) is 14.3 Å². The first-order valence-corrected chi connectivity index (χ1v) is 8.65. The topological polar surface area (TPSA) is 114 Å². The van der Waals surface area contributed by atoms with Gasteiger partial charge in [0.2, 0.25) is 0 Å². The molecule has 28 heavy (non-hydrogen) atoms. The van der Waals surface area contributed by atoms with Gasteiger partial charge in [0.15, 0.2) is 11.9 Å². The van der Waals surface area contributed by atoms with Gasteiger partial charge < -0.3 is 15.4 Å². The molecule has 0 fully saturated rings. The Kier molecular flexibility index (Phi) is 7.22. The van der Waals surface area contributed by atoms with Gasteiger partial charge in [-0.15, -0.1) is 0 Å². The summed E-state index contributed by atoms with van der Waals surface area (Å²) in [4.78, 5) is 50.9. The van der Waals surface area contributed by atoms with Crippen molar-refractivity contribution in [2.75, 3.05) is 11.9 Å². The molecule has 0 saturated heterocycles. The lowest BCUT2D eigenvalue weighted by Gasteiger charge is -2.14. The lowest BCUT2D eigenvalue weighted by atomic mass is 10.1. The molecule has 1 aromatic heterocycles. The number of hydrogen-bond donors (Lipinski definition) is 2. The van der Waals surface area contributed by atoms with E-state index in [1.165, 1.54) is 32.2 Å². The monoisotopic (exact) mass is 403 g/mol. The van der Waals surface area contributed by atoms with Crippen LogP contribution in [0, 0.1) is 0 Å². The number of ether oxygens (including phenoxy) is 1. The molecule has 0 spiro atoms. The maximum absolute atomic E-state index is 12.1. The van der Waals surface area contributed by atoms with Crippen LogP contribution in [0.5, 0.6) is 0 Å². The van der Waals surface area contributed by atoms with Gasteiger partial charge in [-0.2, -0.15) is 0 Å². The molecule has 0 aliphatic heterocycles. The number of nitrogens with zero attached hydrogens (tertiary/aromatic N) is 1. The van der Waals surface area contributed by atoms with E-state index < -0.39 is 30.4 Å². The highest BCUT2D eigenvalue weighted by Gasteiger charge is 2.19. The van der Waals surface area contributed by atoms with Gasteiger partial charge in [0.05, 0.1) is 0 Å². The summed E-state index contributed by atoms with van der Waals surface area (Å²) >= 11 is 5.77. The lowest BCUT2D eigenvalue weighted by molar-refractivity contribution is -0.152. The average Bonchev–Trinajstić information content (AvgIpc) is 2.66. The fraction of sp³-hybridized carbons (Fsp3) is 0.211. The minimum absolute atomic E-state index is 0.0556. The first kappa shape index (κ1) is 21.0. The molecular weight excluding hydrogens is 386 g/mol. The quantitative estimate of drug-likeness (QED) is 0.541. The summed E-state index contributed by atoms with van der Waals surface area (Å²) < 4.78 is 4.99. The number of aromatic nitrogens is 1. The van der Waals surface area contributed by atoms with Crippen LogP contribution in [-0.4, -0.2) is 41.2 Å². The molecular formula is C19H18ClN3O5. The van der Waals surface area contributed by atoms with Crippen molar-refractivity contribution in [1.82, 2.24) is 10.3 Å². The summed E-state index contributed by atoms with van der Waals surface area (Å²) in [6.07, 6.45) is 0.284. The molecule has 0 bridgehead atoms. The van der Waals surface area contributed by atoms with Gasteiger partial charge in [0.25, 0.3) is 11.8 Å². The maximum Gasteiger partial charge on any atom is 0.326 e. The number of rotatable bonds is 7. The first-order chi connectivity index (χ1) is 13.3. The Morgan fingerprint density at radius 2 is 1.82 bits per heavy atom. The van der Waals surface area contributed by atoms with Crippen LogP contribution in [0.3, 0.4) is 0 Å². The van der Waals surface area contributed by atoms with E-state index in [-0.39, 0.29) is 11.5 Å². The third-order valence-corrected chi connectivity index (χ3v) is 3.82. The third kappa shape index (κ3) is 6.17. The van der Waals surface area contributed by atoms with Crippen LogP contribution in [0.1, 0.15) is 34.7 Å². The van der Waals surface area contributed by atoms with Gasteiger partial charge in [-0.25, -0.2) is 0 Å². The van der Waals surface area contributed by atoms with Crippen LogP contribution in [0.25, 0.3) is 0 Å². The van der Waals surface area contributed by atoms with Gasteiger partial charge in [-0.3, -0.25) is 24.2 Å². The van der Waals surface area contributed by atoms with Crippen molar-refractivity contribution in [2.24, 2.45) is 0 Å². The van der Waals surface area contributed by atoms with E-state index in [0.29, 0.717) is 16.3 Å². The smallest absolute Gasteiger partial charge is 0.326 e. The van der Waals surface area contributed by atoms with E-state index >= 15 is 0 Å². The number of benzene rings is 1. The van der Waals surface area contributed by atoms with Crippen molar-refractivity contribution in [2.45, 2.75) is 20.0 Å². The predicted octanol–water partition coefficient (Wildman–Crippen LogP) is 2.24. The van der Waals surface area contributed by atoms with Crippen LogP contribution < -0.4 is 10.6 Å². The van der Waals surface area contributed by atoms with E-state index in [4.69, 9.17) is 16.3 Å². The molecule has 146 valence electrons. The predicted molar refractivity (Wildman–Crippen MR) is 102 cm³/mol. The zero-order valence-corrected chi connectivity index (χ0v) is 15.9. The number of nitrogens with one attached hydrogen (secondary N) is 2. The van der Waals surface area contributed by atoms with Crippen LogP contribution in [0.15, 0.2) is 42.6 Å². The van der Waals surface area contributed by atoms with E-state index in [2.05, 4.69) is 15.6 Å². The maximum atomic E-state index is 12.1. The van der Waals surface area contributed by atoms with Crippen molar-refractivity contribution < 1.29 is 23.9 Å². The lowest BCUT2D eigenvalue weighted by Crippen LogP contribution is -2.36. The summed E-state index contributed by atoms with van der Waals surface area (Å²) in [5.74, 6) is -2.02. The second kappa shape index (κ2) is 9.61. The number of Topliss-reactive ketones (excluding diaryl/α,β-unsaturated/α-hetero) is 1. The zero-order valence-electron chi connectivity index (χ0n) is 15.2. The number of halogens is 1. The molecule has 1 heterocycles. The Balaban J connectivity index is 1.81. The minimum Gasteiger partial charge on any atom is -0.451 e. The number of amides is 2. The van der Waals surface area contributed by atoms with Gasteiger partial charge in [0, 0.05) is 22.5 Å². The number of hydrogen-bond acceptors (Lipinski definition) is 6. The van der Waals surface area contributed by atoms with Crippen molar-refractivity contribution >= 4 is 40.9 Å². The van der Waals surface area contributed by atoms with Gasteiger partial charge in [0.1, 0.15) is 12.2 Å². The molecule has 0 radical (unpaired) electrons. The normalized spacial score (nSPS) is 11.2. The molecule has 2 aromatic rings. The summed E-state index contributed by atoms with van der Waals surface area (Å²) in [6.45, 7) is 2.41. The van der Waals surface area contributed by atoms with E-state index in [1.54, 1.807) is 24.3 Å². The van der Waals surface area contributed by atoms with Crippen LogP contribution in [0.4, 0.5) is 5.69 Å². The first-order valence-electron chi connectivity index (χ1n) is 8.27. The average molecular weight is 404 g/mol. The molecule has 0 aliphatic carbocycles. The molecule has 1 atom stereocenters.